The van der Waals surface area contributed by atoms with Crippen LogP contribution in [0.25, 0.3) is 0 Å². The van der Waals surface area contributed by atoms with Crippen LogP contribution in [0.3, 0.4) is 0 Å². The van der Waals surface area contributed by atoms with Crippen LogP contribution in [0.15, 0.2) is 24.3 Å². The first-order valence-electron chi connectivity index (χ1n) is 3.63. The van der Waals surface area contributed by atoms with E-state index in [1.54, 1.807) is 12.1 Å². The summed E-state index contributed by atoms with van der Waals surface area (Å²) in [5.74, 6) is 0. The molecule has 0 radical (unpaired) electrons. The topological polar surface area (TPSA) is 63.4 Å². The highest BCUT2D eigenvalue weighted by Gasteiger charge is 2.08. The largest absolute Gasteiger partial charge is 0.388 e. The van der Waals surface area contributed by atoms with E-state index in [0.717, 1.165) is 0 Å². The number of non-ortho nitro benzene ring substituents is 1. The van der Waals surface area contributed by atoms with Crippen LogP contribution in [0.1, 0.15) is 11.7 Å². The summed E-state index contributed by atoms with van der Waals surface area (Å²) in [6, 6.07) is 5.84. The number of nitrogens with zero attached hydrogens (tertiary/aromatic N) is 1. The van der Waals surface area contributed by atoms with E-state index in [1.165, 1.54) is 12.1 Å². The lowest BCUT2D eigenvalue weighted by Crippen LogP contribution is -1.98. The van der Waals surface area contributed by atoms with Crippen LogP contribution < -0.4 is 0 Å². The summed E-state index contributed by atoms with van der Waals surface area (Å²) in [7, 11) is 0. The molecule has 0 aliphatic carbocycles. The molecule has 1 atom stereocenters. The maximum atomic E-state index is 10.3. The summed E-state index contributed by atoms with van der Waals surface area (Å²) in [4.78, 5) is 9.82. The molecule has 0 aliphatic rings. The molecule has 1 aromatic carbocycles. The molecule has 0 bridgehead atoms. The first kappa shape index (κ1) is 10.1. The number of alkyl halides is 1. The van der Waals surface area contributed by atoms with Crippen molar-refractivity contribution in [3.63, 3.8) is 0 Å². The molecule has 0 spiro atoms. The van der Waals surface area contributed by atoms with Crippen LogP contribution in [0.5, 0.6) is 0 Å². The lowest BCUT2D eigenvalue weighted by atomic mass is 10.1. The predicted molar refractivity (Wildman–Crippen MR) is 51.9 cm³/mol. The van der Waals surface area contributed by atoms with Crippen LogP contribution in [0.4, 0.5) is 5.69 Å². The maximum Gasteiger partial charge on any atom is 0.269 e. The Balaban J connectivity index is 2.87. The molecule has 1 rings (SSSR count). The smallest absolute Gasteiger partial charge is 0.269 e. The quantitative estimate of drug-likeness (QED) is 0.504. The third kappa shape index (κ3) is 2.50. The Morgan fingerprint density at radius 3 is 2.38 bits per heavy atom. The Kier molecular flexibility index (Phi) is 3.39. The molecule has 0 aliphatic heterocycles. The fourth-order valence-corrected chi connectivity index (χ4v) is 1.28. The molecular formula is C8H8BrNO3. The SMILES string of the molecule is O=[N+]([O-])c1ccc(C(O)CBr)cc1. The molecule has 0 amide bonds. The fourth-order valence-electron chi connectivity index (χ4n) is 0.907. The third-order valence-corrected chi connectivity index (χ3v) is 2.25. The maximum absolute atomic E-state index is 10.3. The number of aliphatic hydroxyl groups is 1. The number of halogens is 1. The van der Waals surface area contributed by atoms with Gasteiger partial charge in [0.25, 0.3) is 5.69 Å². The van der Waals surface area contributed by atoms with Gasteiger partial charge in [-0.3, -0.25) is 10.1 Å². The van der Waals surface area contributed by atoms with Gasteiger partial charge in [0, 0.05) is 17.5 Å². The zero-order valence-corrected chi connectivity index (χ0v) is 8.27. The summed E-state index contributed by atoms with van der Waals surface area (Å²) >= 11 is 3.12. The van der Waals surface area contributed by atoms with E-state index < -0.39 is 11.0 Å². The molecule has 0 saturated heterocycles. The van der Waals surface area contributed by atoms with Gasteiger partial charge in [0.15, 0.2) is 0 Å². The number of hydrogen-bond acceptors (Lipinski definition) is 3. The summed E-state index contributed by atoms with van der Waals surface area (Å²) in [6.45, 7) is 0. The third-order valence-electron chi connectivity index (χ3n) is 1.63. The second-order valence-corrected chi connectivity index (χ2v) is 3.17. The van der Waals surface area contributed by atoms with Gasteiger partial charge in [-0.15, -0.1) is 0 Å². The summed E-state index contributed by atoms with van der Waals surface area (Å²) in [6.07, 6.45) is -0.610. The minimum atomic E-state index is -0.610. The molecule has 0 heterocycles. The van der Waals surface area contributed by atoms with Crippen LogP contribution in [-0.4, -0.2) is 15.4 Å². The van der Waals surface area contributed by atoms with Crippen LogP contribution >= 0.6 is 15.9 Å². The number of nitro benzene ring substituents is 1. The van der Waals surface area contributed by atoms with Crippen molar-refractivity contribution >= 4 is 21.6 Å². The van der Waals surface area contributed by atoms with Gasteiger partial charge >= 0.3 is 0 Å². The van der Waals surface area contributed by atoms with E-state index in [9.17, 15) is 15.2 Å². The Morgan fingerprint density at radius 2 is 2.00 bits per heavy atom. The Bertz CT molecular complexity index is 299. The summed E-state index contributed by atoms with van der Waals surface area (Å²) < 4.78 is 0. The molecule has 1 aromatic rings. The standard InChI is InChI=1S/C8H8BrNO3/c9-5-8(11)6-1-3-7(4-2-6)10(12)13/h1-4,8,11H,5H2. The van der Waals surface area contributed by atoms with Crippen LogP contribution in [-0.2, 0) is 0 Å². The van der Waals surface area contributed by atoms with Gasteiger partial charge in [0.1, 0.15) is 0 Å². The van der Waals surface area contributed by atoms with Crippen molar-refractivity contribution < 1.29 is 10.0 Å². The average Bonchev–Trinajstić information content (AvgIpc) is 2.17. The summed E-state index contributed by atoms with van der Waals surface area (Å²) in [5, 5.41) is 20.0. The molecule has 0 aromatic heterocycles. The molecule has 1 N–H and O–H groups in total. The van der Waals surface area contributed by atoms with Gasteiger partial charge in [-0.2, -0.15) is 0 Å². The van der Waals surface area contributed by atoms with Crippen molar-refractivity contribution in [2.75, 3.05) is 5.33 Å². The van der Waals surface area contributed by atoms with Crippen molar-refractivity contribution in [3.05, 3.63) is 39.9 Å². The van der Waals surface area contributed by atoms with E-state index in [0.29, 0.717) is 10.9 Å². The molecule has 13 heavy (non-hydrogen) atoms. The Morgan fingerprint density at radius 1 is 1.46 bits per heavy atom. The van der Waals surface area contributed by atoms with Crippen molar-refractivity contribution in [1.82, 2.24) is 0 Å². The van der Waals surface area contributed by atoms with Crippen LogP contribution in [0.2, 0.25) is 0 Å². The van der Waals surface area contributed by atoms with Gasteiger partial charge < -0.3 is 5.11 Å². The summed E-state index contributed by atoms with van der Waals surface area (Å²) in [5.41, 5.74) is 0.702. The monoisotopic (exact) mass is 245 g/mol. The minimum Gasteiger partial charge on any atom is -0.388 e. The second-order valence-electron chi connectivity index (χ2n) is 2.52. The number of aliphatic hydroxyl groups excluding tert-OH is 1. The highest BCUT2D eigenvalue weighted by Crippen LogP contribution is 2.18. The highest BCUT2D eigenvalue weighted by atomic mass is 79.9. The minimum absolute atomic E-state index is 0.0329. The molecule has 0 saturated carbocycles. The molecule has 70 valence electrons. The predicted octanol–water partition coefficient (Wildman–Crippen LogP) is 2.02. The van der Waals surface area contributed by atoms with E-state index >= 15 is 0 Å². The number of benzene rings is 1. The molecule has 4 nitrogen and oxygen atoms in total. The van der Waals surface area contributed by atoms with Gasteiger partial charge in [0.2, 0.25) is 0 Å². The van der Waals surface area contributed by atoms with Crippen molar-refractivity contribution in [2.45, 2.75) is 6.10 Å². The number of rotatable bonds is 3. The number of hydrogen-bond donors (Lipinski definition) is 1. The lowest BCUT2D eigenvalue weighted by Gasteiger charge is -2.05. The zero-order chi connectivity index (χ0) is 9.84. The Hall–Kier alpha value is -0.940. The average molecular weight is 246 g/mol. The Labute approximate surface area is 83.5 Å². The highest BCUT2D eigenvalue weighted by molar-refractivity contribution is 9.09. The van der Waals surface area contributed by atoms with Crippen molar-refractivity contribution in [3.8, 4) is 0 Å². The normalized spacial score (nSPS) is 12.5. The fraction of sp³-hybridized carbons (Fsp3) is 0.250. The zero-order valence-electron chi connectivity index (χ0n) is 6.68. The van der Waals surface area contributed by atoms with Crippen LogP contribution in [0, 0.1) is 10.1 Å². The van der Waals surface area contributed by atoms with E-state index in [4.69, 9.17) is 0 Å². The lowest BCUT2D eigenvalue weighted by molar-refractivity contribution is -0.384. The van der Waals surface area contributed by atoms with Gasteiger partial charge in [-0.1, -0.05) is 15.9 Å². The van der Waals surface area contributed by atoms with Gasteiger partial charge in [0.05, 0.1) is 11.0 Å². The first-order chi connectivity index (χ1) is 6.15. The molecular weight excluding hydrogens is 238 g/mol. The van der Waals surface area contributed by atoms with E-state index in [1.807, 2.05) is 0 Å². The van der Waals surface area contributed by atoms with E-state index in [2.05, 4.69) is 15.9 Å². The second kappa shape index (κ2) is 4.34. The van der Waals surface area contributed by atoms with Crippen molar-refractivity contribution in [2.24, 2.45) is 0 Å². The van der Waals surface area contributed by atoms with Gasteiger partial charge in [-0.25, -0.2) is 0 Å². The van der Waals surface area contributed by atoms with E-state index in [-0.39, 0.29) is 5.69 Å². The van der Waals surface area contributed by atoms with Crippen molar-refractivity contribution in [1.29, 1.82) is 0 Å². The number of nitro groups is 1. The van der Waals surface area contributed by atoms with Gasteiger partial charge in [-0.05, 0) is 17.7 Å². The molecule has 5 heteroatoms. The molecule has 0 fully saturated rings. The molecule has 1 unspecified atom stereocenters. The first-order valence-corrected chi connectivity index (χ1v) is 4.75.